The third-order valence-electron chi connectivity index (χ3n) is 3.45. The summed E-state index contributed by atoms with van der Waals surface area (Å²) in [5.74, 6) is 0.244. The number of nitrogens with zero attached hydrogens (tertiary/aromatic N) is 1. The summed E-state index contributed by atoms with van der Waals surface area (Å²) < 4.78 is 25.9. The van der Waals surface area contributed by atoms with Crippen LogP contribution in [0.4, 0.5) is 5.69 Å². The molecule has 0 saturated carbocycles. The van der Waals surface area contributed by atoms with Crippen LogP contribution in [-0.2, 0) is 10.0 Å². The summed E-state index contributed by atoms with van der Waals surface area (Å²) in [6, 6.07) is 6.21. The van der Waals surface area contributed by atoms with Gasteiger partial charge in [-0.25, -0.2) is 8.42 Å². The second-order valence-electron chi connectivity index (χ2n) is 4.91. The number of hydrogen-bond donors (Lipinski definition) is 2. The van der Waals surface area contributed by atoms with Crippen LogP contribution >= 0.6 is 0 Å². The number of benzene rings is 1. The molecule has 1 fully saturated rings. The van der Waals surface area contributed by atoms with Crippen LogP contribution in [0.1, 0.15) is 19.3 Å². The molecule has 1 heterocycles. The molecule has 19 heavy (non-hydrogen) atoms. The predicted octanol–water partition coefficient (Wildman–Crippen LogP) is 1.30. The molecule has 2 N–H and O–H groups in total. The molecule has 1 aliphatic rings. The normalized spacial score (nSPS) is 20.2. The van der Waals surface area contributed by atoms with Gasteiger partial charge in [0.2, 0.25) is 10.0 Å². The fourth-order valence-corrected chi connectivity index (χ4v) is 3.71. The third kappa shape index (κ3) is 3.61. The van der Waals surface area contributed by atoms with Gasteiger partial charge in [0.25, 0.3) is 0 Å². The van der Waals surface area contributed by atoms with Gasteiger partial charge >= 0.3 is 0 Å². The highest BCUT2D eigenvalue weighted by molar-refractivity contribution is 7.92. The van der Waals surface area contributed by atoms with Gasteiger partial charge in [-0.2, -0.15) is 0 Å². The van der Waals surface area contributed by atoms with Crippen LogP contribution in [0.25, 0.3) is 0 Å². The number of anilines is 1. The van der Waals surface area contributed by atoms with Crippen LogP contribution in [0, 0.1) is 0 Å². The Kier molecular flexibility index (Phi) is 4.31. The summed E-state index contributed by atoms with van der Waals surface area (Å²) in [5.41, 5.74) is 0.564. The maximum Gasteiger partial charge on any atom is 0.236 e. The van der Waals surface area contributed by atoms with Crippen molar-refractivity contribution in [2.45, 2.75) is 25.3 Å². The summed E-state index contributed by atoms with van der Waals surface area (Å²) in [5, 5.41) is 12.5. The highest BCUT2D eigenvalue weighted by atomic mass is 32.2. The van der Waals surface area contributed by atoms with Crippen molar-refractivity contribution in [3.05, 3.63) is 24.3 Å². The number of phenols is 1. The van der Waals surface area contributed by atoms with Gasteiger partial charge in [-0.15, -0.1) is 0 Å². The SMILES string of the molecule is CN(c1ccc(O)cc1)S(=O)(=O)CC1CCCCN1. The molecular weight excluding hydrogens is 264 g/mol. The Bertz CT molecular complexity index is 507. The molecule has 0 aromatic heterocycles. The smallest absolute Gasteiger partial charge is 0.236 e. The molecule has 1 aliphatic heterocycles. The van der Waals surface area contributed by atoms with Gasteiger partial charge in [0.05, 0.1) is 11.4 Å². The first-order valence-electron chi connectivity index (χ1n) is 6.48. The molecule has 1 unspecified atom stereocenters. The van der Waals surface area contributed by atoms with E-state index >= 15 is 0 Å². The summed E-state index contributed by atoms with van der Waals surface area (Å²) in [4.78, 5) is 0. The van der Waals surface area contributed by atoms with E-state index in [0.717, 1.165) is 25.8 Å². The van der Waals surface area contributed by atoms with E-state index in [-0.39, 0.29) is 17.5 Å². The van der Waals surface area contributed by atoms with Crippen LogP contribution in [0.15, 0.2) is 24.3 Å². The number of rotatable bonds is 4. The van der Waals surface area contributed by atoms with Crippen LogP contribution in [0.3, 0.4) is 0 Å². The predicted molar refractivity (Wildman–Crippen MR) is 75.9 cm³/mol. The van der Waals surface area contributed by atoms with E-state index in [4.69, 9.17) is 0 Å². The van der Waals surface area contributed by atoms with Gasteiger partial charge in [-0.3, -0.25) is 4.31 Å². The lowest BCUT2D eigenvalue weighted by atomic mass is 10.1. The Labute approximate surface area is 114 Å². The molecule has 1 aromatic rings. The zero-order chi connectivity index (χ0) is 13.9. The van der Waals surface area contributed by atoms with Crippen molar-refractivity contribution in [3.63, 3.8) is 0 Å². The lowest BCUT2D eigenvalue weighted by Crippen LogP contribution is -2.43. The maximum absolute atomic E-state index is 12.3. The fraction of sp³-hybridized carbons (Fsp3) is 0.538. The van der Waals surface area contributed by atoms with E-state index in [9.17, 15) is 13.5 Å². The fourth-order valence-electron chi connectivity index (χ4n) is 2.26. The van der Waals surface area contributed by atoms with E-state index < -0.39 is 10.0 Å². The van der Waals surface area contributed by atoms with E-state index in [0.29, 0.717) is 5.69 Å². The number of sulfonamides is 1. The monoisotopic (exact) mass is 284 g/mol. The minimum Gasteiger partial charge on any atom is -0.508 e. The molecule has 6 heteroatoms. The van der Waals surface area contributed by atoms with Gasteiger partial charge in [-0.05, 0) is 43.7 Å². The van der Waals surface area contributed by atoms with E-state index in [1.807, 2.05) is 0 Å². The Hall–Kier alpha value is -1.27. The number of phenolic OH excluding ortho intramolecular Hbond substituents is 1. The number of piperidine rings is 1. The zero-order valence-electron chi connectivity index (χ0n) is 11.0. The lowest BCUT2D eigenvalue weighted by molar-refractivity contribution is 0.423. The van der Waals surface area contributed by atoms with Crippen molar-refractivity contribution in [2.24, 2.45) is 0 Å². The first-order valence-corrected chi connectivity index (χ1v) is 8.09. The molecule has 106 valence electrons. The van der Waals surface area contributed by atoms with Gasteiger partial charge in [0, 0.05) is 13.1 Å². The van der Waals surface area contributed by atoms with Crippen molar-refractivity contribution in [1.82, 2.24) is 5.32 Å². The second kappa shape index (κ2) is 5.79. The summed E-state index contributed by atoms with van der Waals surface area (Å²) in [7, 11) is -1.79. The van der Waals surface area contributed by atoms with E-state index in [2.05, 4.69) is 5.32 Å². The summed E-state index contributed by atoms with van der Waals surface area (Å²) in [6.07, 6.45) is 3.10. The van der Waals surface area contributed by atoms with Crippen molar-refractivity contribution in [1.29, 1.82) is 0 Å². The molecule has 0 amide bonds. The Morgan fingerprint density at radius 2 is 2.00 bits per heavy atom. The maximum atomic E-state index is 12.3. The standard InChI is InChI=1S/C13H20N2O3S/c1-15(12-5-7-13(16)8-6-12)19(17,18)10-11-4-2-3-9-14-11/h5-8,11,14,16H,2-4,9-10H2,1H3. The molecule has 1 atom stereocenters. The number of nitrogens with one attached hydrogen (secondary N) is 1. The third-order valence-corrected chi connectivity index (χ3v) is 5.32. The van der Waals surface area contributed by atoms with Crippen LogP contribution < -0.4 is 9.62 Å². The largest absolute Gasteiger partial charge is 0.508 e. The van der Waals surface area contributed by atoms with Crippen molar-refractivity contribution >= 4 is 15.7 Å². The average Bonchev–Trinajstić information content (AvgIpc) is 2.39. The molecule has 1 aromatic carbocycles. The molecule has 0 spiro atoms. The quantitative estimate of drug-likeness (QED) is 0.874. The first-order chi connectivity index (χ1) is 8.99. The topological polar surface area (TPSA) is 69.6 Å². The Morgan fingerprint density at radius 3 is 2.58 bits per heavy atom. The highest BCUT2D eigenvalue weighted by Gasteiger charge is 2.24. The van der Waals surface area contributed by atoms with Crippen LogP contribution in [0.5, 0.6) is 5.75 Å². The minimum atomic E-state index is -3.34. The van der Waals surface area contributed by atoms with Crippen LogP contribution in [0.2, 0.25) is 0 Å². The van der Waals surface area contributed by atoms with Gasteiger partial charge in [0.15, 0.2) is 0 Å². The lowest BCUT2D eigenvalue weighted by Gasteiger charge is -2.26. The Morgan fingerprint density at radius 1 is 1.32 bits per heavy atom. The molecule has 2 rings (SSSR count). The molecule has 0 aliphatic carbocycles. The van der Waals surface area contributed by atoms with E-state index in [1.54, 1.807) is 19.2 Å². The van der Waals surface area contributed by atoms with Crippen molar-refractivity contribution in [2.75, 3.05) is 23.7 Å². The van der Waals surface area contributed by atoms with Crippen molar-refractivity contribution < 1.29 is 13.5 Å². The van der Waals surface area contributed by atoms with Crippen LogP contribution in [-0.4, -0.2) is 38.9 Å². The average molecular weight is 284 g/mol. The minimum absolute atomic E-state index is 0.0401. The molecule has 0 bridgehead atoms. The molecule has 5 nitrogen and oxygen atoms in total. The molecule has 1 saturated heterocycles. The van der Waals surface area contributed by atoms with Gasteiger partial charge in [-0.1, -0.05) is 6.42 Å². The highest BCUT2D eigenvalue weighted by Crippen LogP contribution is 2.21. The summed E-state index contributed by atoms with van der Waals surface area (Å²) in [6.45, 7) is 0.892. The number of hydrogen-bond acceptors (Lipinski definition) is 4. The first kappa shape index (κ1) is 14.1. The van der Waals surface area contributed by atoms with Crippen molar-refractivity contribution in [3.8, 4) is 5.75 Å². The summed E-state index contributed by atoms with van der Waals surface area (Å²) >= 11 is 0. The Balaban J connectivity index is 2.07. The molecule has 0 radical (unpaired) electrons. The van der Waals surface area contributed by atoms with Gasteiger partial charge < -0.3 is 10.4 Å². The zero-order valence-corrected chi connectivity index (χ0v) is 11.9. The van der Waals surface area contributed by atoms with E-state index in [1.165, 1.54) is 16.4 Å². The second-order valence-corrected chi connectivity index (χ2v) is 6.95. The molecular formula is C13H20N2O3S. The number of aromatic hydroxyl groups is 1. The van der Waals surface area contributed by atoms with Gasteiger partial charge in [0.1, 0.15) is 5.75 Å².